The van der Waals surface area contributed by atoms with Gasteiger partial charge < -0.3 is 4.90 Å². The van der Waals surface area contributed by atoms with Crippen LogP contribution in [0.5, 0.6) is 0 Å². The van der Waals surface area contributed by atoms with Crippen LogP contribution in [0.1, 0.15) is 11.1 Å². The molecule has 0 aromatic heterocycles. The molecule has 0 fully saturated rings. The number of halogens is 1. The Hall–Kier alpha value is -2.42. The molecule has 2 rings (SSSR count). The average molecular weight is 269 g/mol. The zero-order valence-corrected chi connectivity index (χ0v) is 11.3. The quantitative estimate of drug-likeness (QED) is 0.778. The van der Waals surface area contributed by atoms with E-state index in [1.54, 1.807) is 30.2 Å². The predicted molar refractivity (Wildman–Crippen MR) is 78.4 cm³/mol. The summed E-state index contributed by atoms with van der Waals surface area (Å²) in [6.07, 6.45) is 3.07. The van der Waals surface area contributed by atoms with Gasteiger partial charge in [-0.3, -0.25) is 4.79 Å². The second-order valence-electron chi connectivity index (χ2n) is 4.57. The minimum absolute atomic E-state index is 0.113. The first kappa shape index (κ1) is 14.0. The number of likely N-dealkylation sites (N-methyl/N-ethyl adjacent to an activating group) is 1. The molecular formula is C17H16FNO. The minimum Gasteiger partial charge on any atom is -0.338 e. The molecule has 102 valence electrons. The maximum absolute atomic E-state index is 13.0. The monoisotopic (exact) mass is 269 g/mol. The fourth-order valence-electron chi connectivity index (χ4n) is 1.84. The van der Waals surface area contributed by atoms with Gasteiger partial charge in [-0.1, -0.05) is 42.5 Å². The Morgan fingerprint density at radius 2 is 1.90 bits per heavy atom. The molecule has 20 heavy (non-hydrogen) atoms. The molecule has 2 aromatic carbocycles. The molecule has 0 spiro atoms. The summed E-state index contributed by atoms with van der Waals surface area (Å²) < 4.78 is 13.0. The molecule has 0 atom stereocenters. The number of benzene rings is 2. The molecule has 0 saturated carbocycles. The number of carbonyl (C=O) groups is 1. The van der Waals surface area contributed by atoms with E-state index in [1.807, 2.05) is 30.3 Å². The van der Waals surface area contributed by atoms with Crippen molar-refractivity contribution in [1.82, 2.24) is 4.90 Å². The largest absolute Gasteiger partial charge is 0.338 e. The van der Waals surface area contributed by atoms with E-state index in [0.717, 1.165) is 5.56 Å². The van der Waals surface area contributed by atoms with E-state index >= 15 is 0 Å². The summed E-state index contributed by atoms with van der Waals surface area (Å²) in [5.41, 5.74) is 1.74. The van der Waals surface area contributed by atoms with Gasteiger partial charge in [0.1, 0.15) is 5.82 Å². The van der Waals surface area contributed by atoms with Gasteiger partial charge >= 0.3 is 0 Å². The lowest BCUT2D eigenvalue weighted by molar-refractivity contribution is -0.125. The van der Waals surface area contributed by atoms with Crippen LogP contribution in [-0.2, 0) is 11.3 Å². The van der Waals surface area contributed by atoms with Crippen LogP contribution < -0.4 is 0 Å². The van der Waals surface area contributed by atoms with E-state index < -0.39 is 0 Å². The Morgan fingerprint density at radius 1 is 1.15 bits per heavy atom. The van der Waals surface area contributed by atoms with Gasteiger partial charge in [0, 0.05) is 19.7 Å². The Bertz CT molecular complexity index is 607. The first-order chi connectivity index (χ1) is 9.65. The molecular weight excluding hydrogens is 253 g/mol. The third-order valence-electron chi connectivity index (χ3n) is 2.91. The average Bonchev–Trinajstić information content (AvgIpc) is 2.46. The lowest BCUT2D eigenvalue weighted by atomic mass is 10.2. The topological polar surface area (TPSA) is 20.3 Å². The molecule has 0 aliphatic heterocycles. The van der Waals surface area contributed by atoms with Crippen molar-refractivity contribution in [2.24, 2.45) is 0 Å². The second kappa shape index (κ2) is 6.66. The van der Waals surface area contributed by atoms with Crippen LogP contribution in [0, 0.1) is 5.82 Å². The van der Waals surface area contributed by atoms with Crippen LogP contribution in [-0.4, -0.2) is 17.9 Å². The lowest BCUT2D eigenvalue weighted by Gasteiger charge is -2.14. The van der Waals surface area contributed by atoms with Crippen molar-refractivity contribution in [3.8, 4) is 0 Å². The molecule has 0 aliphatic rings. The summed E-state index contributed by atoms with van der Waals surface area (Å²) in [6, 6.07) is 15.9. The number of carbonyl (C=O) groups excluding carboxylic acids is 1. The summed E-state index contributed by atoms with van der Waals surface area (Å²) >= 11 is 0. The molecule has 1 amide bonds. The Balaban J connectivity index is 1.97. The number of nitrogens with zero attached hydrogens (tertiary/aromatic N) is 1. The van der Waals surface area contributed by atoms with Gasteiger partial charge in [0.05, 0.1) is 0 Å². The summed E-state index contributed by atoms with van der Waals surface area (Å²) in [5, 5.41) is 0. The number of amides is 1. The van der Waals surface area contributed by atoms with Gasteiger partial charge in [0.25, 0.3) is 0 Å². The van der Waals surface area contributed by atoms with E-state index in [1.165, 1.54) is 18.2 Å². The van der Waals surface area contributed by atoms with Crippen molar-refractivity contribution in [1.29, 1.82) is 0 Å². The van der Waals surface area contributed by atoms with E-state index in [0.29, 0.717) is 12.1 Å². The molecule has 2 nitrogen and oxygen atoms in total. The summed E-state index contributed by atoms with van der Waals surface area (Å²) in [4.78, 5) is 13.6. The number of hydrogen-bond donors (Lipinski definition) is 0. The molecule has 0 aliphatic carbocycles. The van der Waals surface area contributed by atoms with E-state index in [4.69, 9.17) is 0 Å². The fourth-order valence-corrected chi connectivity index (χ4v) is 1.84. The maximum atomic E-state index is 13.0. The van der Waals surface area contributed by atoms with Crippen molar-refractivity contribution < 1.29 is 9.18 Å². The molecule has 3 heteroatoms. The van der Waals surface area contributed by atoms with Gasteiger partial charge in [-0.15, -0.1) is 0 Å². The van der Waals surface area contributed by atoms with Crippen molar-refractivity contribution >= 4 is 12.0 Å². The fraction of sp³-hybridized carbons (Fsp3) is 0.118. The van der Waals surface area contributed by atoms with Gasteiger partial charge in [0.2, 0.25) is 5.91 Å². The molecule has 0 N–H and O–H groups in total. The van der Waals surface area contributed by atoms with Crippen LogP contribution >= 0.6 is 0 Å². The zero-order valence-electron chi connectivity index (χ0n) is 11.3. The molecule has 0 radical (unpaired) electrons. The van der Waals surface area contributed by atoms with E-state index in [-0.39, 0.29) is 11.7 Å². The summed E-state index contributed by atoms with van der Waals surface area (Å²) in [7, 11) is 1.74. The number of hydrogen-bond acceptors (Lipinski definition) is 1. The van der Waals surface area contributed by atoms with Crippen LogP contribution in [0.2, 0.25) is 0 Å². The Morgan fingerprint density at radius 3 is 2.60 bits per heavy atom. The molecule has 0 unspecified atom stereocenters. The van der Waals surface area contributed by atoms with Crippen LogP contribution in [0.4, 0.5) is 4.39 Å². The first-order valence-electron chi connectivity index (χ1n) is 6.38. The second-order valence-corrected chi connectivity index (χ2v) is 4.57. The maximum Gasteiger partial charge on any atom is 0.246 e. The lowest BCUT2D eigenvalue weighted by Crippen LogP contribution is -2.24. The highest BCUT2D eigenvalue weighted by molar-refractivity contribution is 5.91. The van der Waals surface area contributed by atoms with Crippen molar-refractivity contribution in [2.75, 3.05) is 7.05 Å². The Labute approximate surface area is 118 Å². The summed E-state index contributed by atoms with van der Waals surface area (Å²) in [5.74, 6) is -0.421. The molecule has 0 heterocycles. The van der Waals surface area contributed by atoms with Gasteiger partial charge in [-0.2, -0.15) is 0 Å². The first-order valence-corrected chi connectivity index (χ1v) is 6.38. The van der Waals surface area contributed by atoms with Gasteiger partial charge in [0.15, 0.2) is 0 Å². The molecule has 0 saturated heterocycles. The van der Waals surface area contributed by atoms with Crippen LogP contribution in [0.15, 0.2) is 60.7 Å². The standard InChI is InChI=1S/C17H16FNO/c1-19(13-15-6-3-2-4-7-15)17(20)11-10-14-8-5-9-16(18)12-14/h2-12H,13H2,1H3/b11-10+. The van der Waals surface area contributed by atoms with Crippen molar-refractivity contribution in [3.63, 3.8) is 0 Å². The highest BCUT2D eigenvalue weighted by Gasteiger charge is 2.05. The molecule has 2 aromatic rings. The van der Waals surface area contributed by atoms with Crippen LogP contribution in [0.3, 0.4) is 0 Å². The SMILES string of the molecule is CN(Cc1ccccc1)C(=O)/C=C/c1cccc(F)c1. The highest BCUT2D eigenvalue weighted by Crippen LogP contribution is 2.07. The molecule has 0 bridgehead atoms. The van der Waals surface area contributed by atoms with Crippen LogP contribution in [0.25, 0.3) is 6.08 Å². The zero-order chi connectivity index (χ0) is 14.4. The third-order valence-corrected chi connectivity index (χ3v) is 2.91. The third kappa shape index (κ3) is 4.05. The van der Waals surface area contributed by atoms with Crippen molar-refractivity contribution in [3.05, 3.63) is 77.6 Å². The summed E-state index contributed by atoms with van der Waals surface area (Å²) in [6.45, 7) is 0.549. The number of rotatable bonds is 4. The van der Waals surface area contributed by atoms with E-state index in [9.17, 15) is 9.18 Å². The van der Waals surface area contributed by atoms with Gasteiger partial charge in [-0.25, -0.2) is 4.39 Å². The van der Waals surface area contributed by atoms with E-state index in [2.05, 4.69) is 0 Å². The smallest absolute Gasteiger partial charge is 0.246 e. The normalized spacial score (nSPS) is 10.7. The van der Waals surface area contributed by atoms with Crippen molar-refractivity contribution in [2.45, 2.75) is 6.54 Å². The predicted octanol–water partition coefficient (Wildman–Crippen LogP) is 3.50. The Kier molecular flexibility index (Phi) is 4.66. The minimum atomic E-state index is -0.308. The highest BCUT2D eigenvalue weighted by atomic mass is 19.1. The van der Waals surface area contributed by atoms with Gasteiger partial charge in [-0.05, 0) is 29.3 Å².